The molecule has 5 heteroatoms. The molecule has 14 heavy (non-hydrogen) atoms. The molecule has 78 valence electrons. The van der Waals surface area contributed by atoms with Gasteiger partial charge in [0.2, 0.25) is 5.91 Å². The van der Waals surface area contributed by atoms with Crippen LogP contribution in [0.25, 0.3) is 0 Å². The molecule has 0 saturated heterocycles. The van der Waals surface area contributed by atoms with Crippen molar-refractivity contribution in [1.82, 2.24) is 15.3 Å². The second-order valence-corrected chi connectivity index (χ2v) is 3.79. The van der Waals surface area contributed by atoms with E-state index in [9.17, 15) is 4.79 Å². The highest BCUT2D eigenvalue weighted by molar-refractivity contribution is 5.84. The summed E-state index contributed by atoms with van der Waals surface area (Å²) in [5.41, 5.74) is 5.72. The molecule has 4 N–H and O–H groups in total. The van der Waals surface area contributed by atoms with Crippen molar-refractivity contribution in [3.8, 4) is 0 Å². The molecule has 0 aliphatic carbocycles. The van der Waals surface area contributed by atoms with E-state index >= 15 is 0 Å². The monoisotopic (exact) mass is 196 g/mol. The number of aromatic amines is 1. The molecule has 0 saturated carbocycles. The van der Waals surface area contributed by atoms with Crippen molar-refractivity contribution in [2.75, 3.05) is 6.54 Å². The zero-order valence-corrected chi connectivity index (χ0v) is 8.50. The highest BCUT2D eigenvalue weighted by Gasteiger charge is 2.20. The molecule has 0 aliphatic rings. The minimum Gasteiger partial charge on any atom is -0.354 e. The van der Waals surface area contributed by atoms with Gasteiger partial charge in [-0.25, -0.2) is 4.98 Å². The van der Waals surface area contributed by atoms with Gasteiger partial charge in [0.05, 0.1) is 17.6 Å². The van der Waals surface area contributed by atoms with E-state index in [4.69, 9.17) is 5.73 Å². The van der Waals surface area contributed by atoms with Gasteiger partial charge in [0.15, 0.2) is 0 Å². The first-order valence-corrected chi connectivity index (χ1v) is 4.55. The number of nitrogens with one attached hydrogen (secondary N) is 2. The Hall–Kier alpha value is -1.36. The normalized spacial score (nSPS) is 11.4. The molecule has 0 spiro atoms. The summed E-state index contributed by atoms with van der Waals surface area (Å²) in [6, 6.07) is 0. The number of amides is 1. The van der Waals surface area contributed by atoms with Crippen molar-refractivity contribution in [2.24, 2.45) is 5.73 Å². The Labute approximate surface area is 83.1 Å². The number of aromatic nitrogens is 2. The van der Waals surface area contributed by atoms with Crippen LogP contribution >= 0.6 is 0 Å². The highest BCUT2D eigenvalue weighted by Crippen LogP contribution is 1.96. The number of nitrogens with two attached hydrogens (primary N) is 1. The second-order valence-electron chi connectivity index (χ2n) is 3.79. The lowest BCUT2D eigenvalue weighted by Crippen LogP contribution is -2.49. The Morgan fingerprint density at radius 2 is 2.43 bits per heavy atom. The number of imidazole rings is 1. The molecule has 0 atom stereocenters. The number of hydrogen-bond acceptors (Lipinski definition) is 3. The fraction of sp³-hybridized carbons (Fsp3) is 0.556. The van der Waals surface area contributed by atoms with Crippen molar-refractivity contribution < 1.29 is 4.79 Å². The summed E-state index contributed by atoms with van der Waals surface area (Å²) in [4.78, 5) is 18.2. The SMILES string of the molecule is CC(C)(N)C(=O)NCCc1c[nH]cn1. The third kappa shape index (κ3) is 3.18. The molecule has 5 nitrogen and oxygen atoms in total. The quantitative estimate of drug-likeness (QED) is 0.624. The minimum atomic E-state index is -0.814. The molecule has 1 rings (SSSR count). The lowest BCUT2D eigenvalue weighted by atomic mass is 10.1. The molecule has 0 aromatic carbocycles. The number of H-pyrrole nitrogens is 1. The molecule has 0 fully saturated rings. The van der Waals surface area contributed by atoms with E-state index in [-0.39, 0.29) is 5.91 Å². The Kier molecular flexibility index (Phi) is 3.24. The summed E-state index contributed by atoms with van der Waals surface area (Å²) >= 11 is 0. The Bertz CT molecular complexity index is 286. The molecule has 1 aromatic rings. The standard InChI is InChI=1S/C9H16N4O/c1-9(2,10)8(14)12-4-3-7-5-11-6-13-7/h5-6H,3-4,10H2,1-2H3,(H,11,13)(H,12,14). The van der Waals surface area contributed by atoms with Crippen molar-refractivity contribution in [1.29, 1.82) is 0 Å². The van der Waals surface area contributed by atoms with E-state index in [1.165, 1.54) is 0 Å². The van der Waals surface area contributed by atoms with Crippen LogP contribution in [0.3, 0.4) is 0 Å². The fourth-order valence-corrected chi connectivity index (χ4v) is 0.960. The molecule has 1 amide bonds. The molecule has 0 bridgehead atoms. The van der Waals surface area contributed by atoms with Crippen molar-refractivity contribution in [3.63, 3.8) is 0 Å². The van der Waals surface area contributed by atoms with Gasteiger partial charge in [-0.3, -0.25) is 4.79 Å². The summed E-state index contributed by atoms with van der Waals surface area (Å²) in [5, 5.41) is 2.74. The fourth-order valence-electron chi connectivity index (χ4n) is 0.960. The maximum Gasteiger partial charge on any atom is 0.239 e. The van der Waals surface area contributed by atoms with E-state index in [0.29, 0.717) is 13.0 Å². The van der Waals surface area contributed by atoms with Crippen LogP contribution in [0, 0.1) is 0 Å². The van der Waals surface area contributed by atoms with Gasteiger partial charge in [0, 0.05) is 19.2 Å². The maximum absolute atomic E-state index is 11.3. The minimum absolute atomic E-state index is 0.145. The second kappa shape index (κ2) is 4.23. The van der Waals surface area contributed by atoms with Crippen LogP contribution in [0.5, 0.6) is 0 Å². The number of nitrogens with zero attached hydrogens (tertiary/aromatic N) is 1. The first-order chi connectivity index (χ1) is 6.50. The van der Waals surface area contributed by atoms with E-state index in [1.807, 2.05) is 0 Å². The van der Waals surface area contributed by atoms with Gasteiger partial charge in [-0.15, -0.1) is 0 Å². The molecular weight excluding hydrogens is 180 g/mol. The predicted molar refractivity (Wildman–Crippen MR) is 53.6 cm³/mol. The number of carbonyl (C=O) groups excluding carboxylic acids is 1. The van der Waals surface area contributed by atoms with Gasteiger partial charge in [-0.2, -0.15) is 0 Å². The molecule has 0 radical (unpaired) electrons. The predicted octanol–water partition coefficient (Wildman–Crippen LogP) is -0.194. The van der Waals surface area contributed by atoms with Crippen molar-refractivity contribution in [3.05, 3.63) is 18.2 Å². The Balaban J connectivity index is 2.26. The smallest absolute Gasteiger partial charge is 0.239 e. The summed E-state index contributed by atoms with van der Waals surface area (Å²) in [5.74, 6) is -0.145. The third-order valence-electron chi connectivity index (χ3n) is 1.81. The maximum atomic E-state index is 11.3. The van der Waals surface area contributed by atoms with E-state index in [0.717, 1.165) is 5.69 Å². The average molecular weight is 196 g/mol. The molecule has 0 aliphatic heterocycles. The summed E-state index contributed by atoms with van der Waals surface area (Å²) in [6.07, 6.45) is 4.13. The van der Waals surface area contributed by atoms with Gasteiger partial charge in [0.25, 0.3) is 0 Å². The Morgan fingerprint density at radius 3 is 2.93 bits per heavy atom. The lowest BCUT2D eigenvalue weighted by molar-refractivity contribution is -0.125. The zero-order valence-electron chi connectivity index (χ0n) is 8.50. The van der Waals surface area contributed by atoms with Crippen molar-refractivity contribution in [2.45, 2.75) is 25.8 Å². The number of rotatable bonds is 4. The number of hydrogen-bond donors (Lipinski definition) is 3. The molecule has 1 aromatic heterocycles. The van der Waals surface area contributed by atoms with Crippen LogP contribution < -0.4 is 11.1 Å². The van der Waals surface area contributed by atoms with Gasteiger partial charge in [0.1, 0.15) is 0 Å². The summed E-state index contributed by atoms with van der Waals surface area (Å²) < 4.78 is 0. The van der Waals surface area contributed by atoms with Crippen LogP contribution in [0.15, 0.2) is 12.5 Å². The van der Waals surface area contributed by atoms with Gasteiger partial charge in [-0.1, -0.05) is 0 Å². The molecular formula is C9H16N4O. The topological polar surface area (TPSA) is 83.8 Å². The Morgan fingerprint density at radius 1 is 1.71 bits per heavy atom. The first kappa shape index (κ1) is 10.7. The van der Waals surface area contributed by atoms with E-state index in [2.05, 4.69) is 15.3 Å². The van der Waals surface area contributed by atoms with Crippen molar-refractivity contribution >= 4 is 5.91 Å². The summed E-state index contributed by atoms with van der Waals surface area (Å²) in [7, 11) is 0. The molecule has 1 heterocycles. The first-order valence-electron chi connectivity index (χ1n) is 4.55. The van der Waals surface area contributed by atoms with Crippen LogP contribution in [0.4, 0.5) is 0 Å². The van der Waals surface area contributed by atoms with E-state index in [1.54, 1.807) is 26.4 Å². The lowest BCUT2D eigenvalue weighted by Gasteiger charge is -2.17. The molecule has 0 unspecified atom stereocenters. The third-order valence-corrected chi connectivity index (χ3v) is 1.81. The summed E-state index contributed by atoms with van der Waals surface area (Å²) in [6.45, 7) is 3.91. The van der Waals surface area contributed by atoms with Crippen LogP contribution in [-0.2, 0) is 11.2 Å². The van der Waals surface area contributed by atoms with Crippen LogP contribution in [0.2, 0.25) is 0 Å². The zero-order chi connectivity index (χ0) is 10.6. The average Bonchev–Trinajstić information content (AvgIpc) is 2.55. The van der Waals surface area contributed by atoms with Crippen LogP contribution in [-0.4, -0.2) is 28.0 Å². The number of carbonyl (C=O) groups is 1. The highest BCUT2D eigenvalue weighted by atomic mass is 16.2. The van der Waals surface area contributed by atoms with Crippen LogP contribution in [0.1, 0.15) is 19.5 Å². The van der Waals surface area contributed by atoms with Gasteiger partial charge >= 0.3 is 0 Å². The van der Waals surface area contributed by atoms with E-state index < -0.39 is 5.54 Å². The van der Waals surface area contributed by atoms with Gasteiger partial charge in [-0.05, 0) is 13.8 Å². The van der Waals surface area contributed by atoms with Gasteiger partial charge < -0.3 is 16.0 Å². The largest absolute Gasteiger partial charge is 0.354 e.